The molecule has 2 nitrogen and oxygen atoms in total. The molecular formula is C22H36O2P2. The highest BCUT2D eigenvalue weighted by Crippen LogP contribution is 2.10. The minimum absolute atomic E-state index is 0.873. The van der Waals surface area contributed by atoms with Crippen LogP contribution in [-0.4, -0.2) is 0 Å². The molecule has 4 heteroatoms. The minimum atomic E-state index is 0.873. The van der Waals surface area contributed by atoms with Crippen LogP contribution in [0.1, 0.15) is 65.2 Å². The van der Waals surface area contributed by atoms with E-state index in [1.165, 1.54) is 51.4 Å². The monoisotopic (exact) mass is 394 g/mol. The Labute approximate surface area is 165 Å². The first-order valence-corrected chi connectivity index (χ1v) is 10.6. The highest BCUT2D eigenvalue weighted by Gasteiger charge is 1.87. The van der Waals surface area contributed by atoms with E-state index in [1.54, 1.807) is 0 Å². The second-order valence-electron chi connectivity index (χ2n) is 5.98. The summed E-state index contributed by atoms with van der Waals surface area (Å²) in [6.07, 6.45) is 11.5. The topological polar surface area (TPSA) is 18.5 Å². The predicted octanol–water partition coefficient (Wildman–Crippen LogP) is 7.86. The largest absolute Gasteiger partial charge is 0.480 e. The molecule has 0 fully saturated rings. The summed E-state index contributed by atoms with van der Waals surface area (Å²) in [5.74, 6) is 1.75. The van der Waals surface area contributed by atoms with Gasteiger partial charge in [0.15, 0.2) is 0 Å². The molecule has 26 heavy (non-hydrogen) atoms. The number of hydrogen-bond acceptors (Lipinski definition) is 2. The van der Waals surface area contributed by atoms with Gasteiger partial charge in [0.05, 0.1) is 18.9 Å². The van der Waals surface area contributed by atoms with Crippen LogP contribution in [-0.2, 0) is 0 Å². The van der Waals surface area contributed by atoms with Gasteiger partial charge in [-0.25, -0.2) is 0 Å². The van der Waals surface area contributed by atoms with Crippen LogP contribution in [0.5, 0.6) is 11.5 Å². The van der Waals surface area contributed by atoms with Crippen molar-refractivity contribution in [3.05, 3.63) is 60.7 Å². The van der Waals surface area contributed by atoms with Crippen LogP contribution >= 0.6 is 18.9 Å². The fourth-order valence-corrected chi connectivity index (χ4v) is 2.52. The normalized spacial score (nSPS) is 9.23. The maximum atomic E-state index is 4.83. The molecule has 2 aromatic carbocycles. The minimum Gasteiger partial charge on any atom is -0.480 e. The smallest absolute Gasteiger partial charge is 0.122 e. The Hall–Kier alpha value is -1.10. The predicted molar refractivity (Wildman–Crippen MR) is 122 cm³/mol. The molecule has 0 saturated carbocycles. The summed E-state index contributed by atoms with van der Waals surface area (Å²) in [6, 6.07) is 19.2. The number of unbranched alkanes of at least 4 members (excludes halogenated alkanes) is 7. The lowest BCUT2D eigenvalue weighted by atomic mass is 10.1. The highest BCUT2D eigenvalue weighted by atomic mass is 31.0. The van der Waals surface area contributed by atoms with Gasteiger partial charge in [-0.1, -0.05) is 102 Å². The first-order chi connectivity index (χ1) is 12.8. The van der Waals surface area contributed by atoms with E-state index in [4.69, 9.17) is 9.05 Å². The molecule has 0 bridgehead atoms. The van der Waals surface area contributed by atoms with E-state index >= 15 is 0 Å². The van der Waals surface area contributed by atoms with E-state index in [0.29, 0.717) is 0 Å². The van der Waals surface area contributed by atoms with Crippen LogP contribution in [0.25, 0.3) is 0 Å². The van der Waals surface area contributed by atoms with Crippen LogP contribution in [0, 0.1) is 0 Å². The molecular weight excluding hydrogens is 358 g/mol. The van der Waals surface area contributed by atoms with E-state index in [0.717, 1.165) is 11.5 Å². The van der Waals surface area contributed by atoms with E-state index in [-0.39, 0.29) is 0 Å². The van der Waals surface area contributed by atoms with Gasteiger partial charge in [0.25, 0.3) is 0 Å². The number of rotatable bonds is 9. The Morgan fingerprint density at radius 2 is 0.846 bits per heavy atom. The fraction of sp³-hybridized carbons (Fsp3) is 0.455. The van der Waals surface area contributed by atoms with Crippen molar-refractivity contribution in [2.24, 2.45) is 0 Å². The second-order valence-corrected chi connectivity index (χ2v) is 6.45. The maximum absolute atomic E-state index is 4.83. The van der Waals surface area contributed by atoms with Gasteiger partial charge in [0, 0.05) is 0 Å². The fourth-order valence-electron chi connectivity index (χ4n) is 2.21. The molecule has 2 unspecified atom stereocenters. The first kappa shape index (κ1) is 24.9. The molecule has 2 atom stereocenters. The van der Waals surface area contributed by atoms with Crippen molar-refractivity contribution in [3.8, 4) is 11.5 Å². The van der Waals surface area contributed by atoms with Crippen LogP contribution < -0.4 is 9.05 Å². The van der Waals surface area contributed by atoms with Gasteiger partial charge in [-0.15, -0.1) is 0 Å². The molecule has 0 aliphatic carbocycles. The molecule has 0 aromatic heterocycles. The van der Waals surface area contributed by atoms with Gasteiger partial charge in [-0.2, -0.15) is 0 Å². The number of benzene rings is 2. The van der Waals surface area contributed by atoms with Gasteiger partial charge < -0.3 is 9.05 Å². The van der Waals surface area contributed by atoms with Crippen LogP contribution in [0.2, 0.25) is 0 Å². The third-order valence-electron chi connectivity index (χ3n) is 3.72. The first-order valence-electron chi connectivity index (χ1n) is 9.62. The van der Waals surface area contributed by atoms with Gasteiger partial charge in [0.2, 0.25) is 0 Å². The van der Waals surface area contributed by atoms with Gasteiger partial charge >= 0.3 is 0 Å². The zero-order valence-electron chi connectivity index (χ0n) is 16.4. The Morgan fingerprint density at radius 3 is 1.08 bits per heavy atom. The third-order valence-corrected chi connectivity index (χ3v) is 4.26. The van der Waals surface area contributed by atoms with Crippen LogP contribution in [0.3, 0.4) is 0 Å². The number of hydrogen-bond donors (Lipinski definition) is 0. The molecule has 0 radical (unpaired) electrons. The zero-order chi connectivity index (χ0) is 19.3. The summed E-state index contributed by atoms with van der Waals surface area (Å²) < 4.78 is 9.66. The van der Waals surface area contributed by atoms with Crippen molar-refractivity contribution >= 4 is 18.9 Å². The summed E-state index contributed by atoms with van der Waals surface area (Å²) in [4.78, 5) is 0. The average Bonchev–Trinajstić information content (AvgIpc) is 2.73. The molecule has 0 heterocycles. The lowest BCUT2D eigenvalue weighted by Crippen LogP contribution is -1.77. The summed E-state index contributed by atoms with van der Waals surface area (Å²) in [5, 5.41) is 0. The quantitative estimate of drug-likeness (QED) is 0.318. The van der Waals surface area contributed by atoms with Crippen LogP contribution in [0.15, 0.2) is 60.7 Å². The van der Waals surface area contributed by atoms with Crippen molar-refractivity contribution in [3.63, 3.8) is 0 Å². The summed E-state index contributed by atoms with van der Waals surface area (Å²) >= 11 is 0. The van der Waals surface area contributed by atoms with Crippen molar-refractivity contribution in [1.29, 1.82) is 0 Å². The van der Waals surface area contributed by atoms with Crippen molar-refractivity contribution in [2.75, 3.05) is 0 Å². The second kappa shape index (κ2) is 20.2. The SMILES string of the molecule is CCCCCCCCCC.POc1ccccc1.POc1ccccc1. The van der Waals surface area contributed by atoms with E-state index < -0.39 is 0 Å². The van der Waals surface area contributed by atoms with Crippen LogP contribution in [0.4, 0.5) is 0 Å². The van der Waals surface area contributed by atoms with Crippen molar-refractivity contribution < 1.29 is 9.05 Å². The Morgan fingerprint density at radius 1 is 0.538 bits per heavy atom. The molecule has 0 aliphatic heterocycles. The molecule has 0 spiro atoms. The molecule has 2 aromatic rings. The van der Waals surface area contributed by atoms with Gasteiger partial charge in [0.1, 0.15) is 11.5 Å². The Bertz CT molecular complexity index is 445. The lowest BCUT2D eigenvalue weighted by Gasteiger charge is -1.97. The van der Waals surface area contributed by atoms with E-state index in [9.17, 15) is 0 Å². The summed E-state index contributed by atoms with van der Waals surface area (Å²) in [6.45, 7) is 4.54. The number of para-hydroxylation sites is 2. The molecule has 2 rings (SSSR count). The highest BCUT2D eigenvalue weighted by molar-refractivity contribution is 7.10. The standard InChI is InChI=1S/C10H22.2C6H7OP/c1-3-5-7-9-10-8-6-4-2;2*8-7-6-4-2-1-3-5-6/h3-10H2,1-2H3;2*1-5H,8H2. The summed E-state index contributed by atoms with van der Waals surface area (Å²) in [7, 11) is 4.39. The third kappa shape index (κ3) is 16.4. The summed E-state index contributed by atoms with van der Waals surface area (Å²) in [5.41, 5.74) is 0. The molecule has 0 N–H and O–H groups in total. The van der Waals surface area contributed by atoms with Gasteiger partial charge in [-0.05, 0) is 24.3 Å². The maximum Gasteiger partial charge on any atom is 0.122 e. The lowest BCUT2D eigenvalue weighted by molar-refractivity contribution is 0.585. The average molecular weight is 394 g/mol. The van der Waals surface area contributed by atoms with Crippen molar-refractivity contribution in [1.82, 2.24) is 0 Å². The Balaban J connectivity index is 0.000000363. The van der Waals surface area contributed by atoms with E-state index in [1.807, 2.05) is 60.7 Å². The van der Waals surface area contributed by atoms with Crippen molar-refractivity contribution in [2.45, 2.75) is 65.2 Å². The molecule has 146 valence electrons. The van der Waals surface area contributed by atoms with Gasteiger partial charge in [-0.3, -0.25) is 0 Å². The molecule has 0 saturated heterocycles. The zero-order valence-corrected chi connectivity index (χ0v) is 18.7. The van der Waals surface area contributed by atoms with E-state index in [2.05, 4.69) is 32.8 Å². The molecule has 0 amide bonds. The Kier molecular flexibility index (Phi) is 19.4. The molecule has 0 aliphatic rings.